The van der Waals surface area contributed by atoms with Gasteiger partial charge in [0.25, 0.3) is 5.91 Å². The average molecular weight is 278 g/mol. The summed E-state index contributed by atoms with van der Waals surface area (Å²) in [4.78, 5) is 14.8. The van der Waals surface area contributed by atoms with Gasteiger partial charge in [-0.3, -0.25) is 4.79 Å². The predicted molar refractivity (Wildman–Crippen MR) is 68.7 cm³/mol. The number of likely N-dealkylation sites (tertiary alicyclic amines) is 1. The van der Waals surface area contributed by atoms with Crippen molar-refractivity contribution in [2.24, 2.45) is 5.92 Å². The maximum absolute atomic E-state index is 12.2. The first-order valence-corrected chi connectivity index (χ1v) is 6.98. The van der Waals surface area contributed by atoms with Gasteiger partial charge in [-0.1, -0.05) is 18.5 Å². The fourth-order valence-corrected chi connectivity index (χ4v) is 3.54. The molecule has 5 heteroatoms. The van der Waals surface area contributed by atoms with E-state index >= 15 is 0 Å². The molecule has 0 spiro atoms. The predicted octanol–water partition coefficient (Wildman–Crippen LogP) is 3.49. The molecule has 2 atom stereocenters. The number of carbonyl (C=O) groups excluding carboxylic acids is 1. The van der Waals surface area contributed by atoms with Crippen LogP contribution in [0.3, 0.4) is 0 Å². The summed E-state index contributed by atoms with van der Waals surface area (Å²) in [5.41, 5.74) is 0. The lowest BCUT2D eigenvalue weighted by Crippen LogP contribution is -2.38. The number of hydrogen-bond acceptors (Lipinski definition) is 2. The molecule has 1 aromatic heterocycles. The van der Waals surface area contributed by atoms with Crippen LogP contribution in [-0.4, -0.2) is 29.3 Å². The van der Waals surface area contributed by atoms with Crippen LogP contribution in [0.1, 0.15) is 23.0 Å². The Balaban J connectivity index is 2.16. The minimum absolute atomic E-state index is 0.0619. The van der Waals surface area contributed by atoms with E-state index in [9.17, 15) is 4.79 Å². The van der Waals surface area contributed by atoms with E-state index in [0.29, 0.717) is 21.0 Å². The van der Waals surface area contributed by atoms with Gasteiger partial charge >= 0.3 is 0 Å². The highest BCUT2D eigenvalue weighted by atomic mass is 35.5. The quantitative estimate of drug-likeness (QED) is 0.758. The van der Waals surface area contributed by atoms with E-state index in [1.54, 1.807) is 12.1 Å². The molecule has 1 fully saturated rings. The number of thiophene rings is 1. The summed E-state index contributed by atoms with van der Waals surface area (Å²) in [5.74, 6) is 1.05. The molecule has 16 heavy (non-hydrogen) atoms. The lowest BCUT2D eigenvalue weighted by atomic mass is 10.1. The van der Waals surface area contributed by atoms with Crippen LogP contribution >= 0.6 is 34.5 Å². The molecule has 2 unspecified atom stereocenters. The summed E-state index contributed by atoms with van der Waals surface area (Å²) in [7, 11) is 0. The molecule has 1 aliphatic rings. The summed E-state index contributed by atoms with van der Waals surface area (Å²) in [6.45, 7) is 2.94. The van der Waals surface area contributed by atoms with E-state index in [4.69, 9.17) is 23.2 Å². The second kappa shape index (κ2) is 4.94. The van der Waals surface area contributed by atoms with Crippen LogP contribution in [0, 0.1) is 5.92 Å². The van der Waals surface area contributed by atoms with Gasteiger partial charge in [-0.25, -0.2) is 0 Å². The van der Waals surface area contributed by atoms with E-state index in [-0.39, 0.29) is 11.9 Å². The van der Waals surface area contributed by atoms with Gasteiger partial charge in [0.05, 0.1) is 9.21 Å². The van der Waals surface area contributed by atoms with Gasteiger partial charge in [-0.15, -0.1) is 22.9 Å². The Kier molecular flexibility index (Phi) is 3.77. The molecule has 2 nitrogen and oxygen atoms in total. The van der Waals surface area contributed by atoms with Crippen LogP contribution in [0.2, 0.25) is 4.34 Å². The van der Waals surface area contributed by atoms with Crippen molar-refractivity contribution in [3.8, 4) is 0 Å². The van der Waals surface area contributed by atoms with Crippen LogP contribution in [0.5, 0.6) is 0 Å². The monoisotopic (exact) mass is 277 g/mol. The highest BCUT2D eigenvalue weighted by molar-refractivity contribution is 7.17. The molecule has 88 valence electrons. The molecule has 0 aliphatic carbocycles. The second-order valence-electron chi connectivity index (χ2n) is 4.09. The first-order chi connectivity index (χ1) is 7.63. The topological polar surface area (TPSA) is 20.3 Å². The Bertz CT molecular complexity index is 393. The summed E-state index contributed by atoms with van der Waals surface area (Å²) >= 11 is 13.1. The summed E-state index contributed by atoms with van der Waals surface area (Å²) in [6.07, 6.45) is 1.03. The molecule has 1 amide bonds. The Hall–Kier alpha value is -0.250. The van der Waals surface area contributed by atoms with Crippen molar-refractivity contribution in [1.29, 1.82) is 0 Å². The first-order valence-electron chi connectivity index (χ1n) is 5.25. The third-order valence-electron chi connectivity index (χ3n) is 3.09. The summed E-state index contributed by atoms with van der Waals surface area (Å²) < 4.78 is 0.651. The van der Waals surface area contributed by atoms with Crippen LogP contribution in [0.15, 0.2) is 12.1 Å². The van der Waals surface area contributed by atoms with Crippen LogP contribution < -0.4 is 0 Å². The fourth-order valence-electron chi connectivity index (χ4n) is 2.07. The summed E-state index contributed by atoms with van der Waals surface area (Å²) in [6, 6.07) is 3.70. The van der Waals surface area contributed by atoms with E-state index in [1.807, 2.05) is 4.90 Å². The zero-order valence-corrected chi connectivity index (χ0v) is 11.3. The third-order valence-corrected chi connectivity index (χ3v) is 4.62. The zero-order chi connectivity index (χ0) is 11.7. The molecule has 0 N–H and O–H groups in total. The van der Waals surface area contributed by atoms with Gasteiger partial charge in [-0.05, 0) is 24.5 Å². The van der Waals surface area contributed by atoms with Crippen molar-refractivity contribution in [1.82, 2.24) is 4.90 Å². The van der Waals surface area contributed by atoms with Crippen LogP contribution in [0.4, 0.5) is 0 Å². The van der Waals surface area contributed by atoms with Crippen molar-refractivity contribution in [3.63, 3.8) is 0 Å². The molecule has 1 aromatic rings. The van der Waals surface area contributed by atoms with Gasteiger partial charge in [0, 0.05) is 18.5 Å². The number of nitrogens with zero attached hydrogens (tertiary/aromatic N) is 1. The Morgan fingerprint density at radius 1 is 1.62 bits per heavy atom. The minimum atomic E-state index is 0.0619. The molecule has 0 aromatic carbocycles. The molecule has 1 aliphatic heterocycles. The SMILES string of the molecule is CC1CCN(C(=O)c2ccc(Cl)s2)C1CCl. The third kappa shape index (κ3) is 2.22. The van der Waals surface area contributed by atoms with Crippen molar-refractivity contribution >= 4 is 40.4 Å². The number of rotatable bonds is 2. The number of amides is 1. The molecule has 1 saturated heterocycles. The smallest absolute Gasteiger partial charge is 0.264 e. The molecule has 2 heterocycles. The maximum atomic E-state index is 12.2. The Morgan fingerprint density at radius 2 is 2.38 bits per heavy atom. The standard InChI is InChI=1S/C11H13Cl2NOS/c1-7-4-5-14(8(7)6-12)11(15)9-2-3-10(13)16-9/h2-3,7-8H,4-6H2,1H3. The van der Waals surface area contributed by atoms with Crippen LogP contribution in [0.25, 0.3) is 0 Å². The lowest BCUT2D eigenvalue weighted by molar-refractivity contribution is 0.0742. The number of halogens is 2. The normalized spacial score (nSPS) is 25.1. The second-order valence-corrected chi connectivity index (χ2v) is 6.11. The minimum Gasteiger partial charge on any atom is -0.333 e. The molecule has 2 rings (SSSR count). The van der Waals surface area contributed by atoms with Gasteiger partial charge in [0.2, 0.25) is 0 Å². The highest BCUT2D eigenvalue weighted by Gasteiger charge is 2.34. The number of hydrogen-bond donors (Lipinski definition) is 0. The van der Waals surface area contributed by atoms with Crippen molar-refractivity contribution in [3.05, 3.63) is 21.3 Å². The van der Waals surface area contributed by atoms with Crippen molar-refractivity contribution in [2.45, 2.75) is 19.4 Å². The van der Waals surface area contributed by atoms with E-state index in [1.165, 1.54) is 11.3 Å². The van der Waals surface area contributed by atoms with Gasteiger partial charge in [-0.2, -0.15) is 0 Å². The van der Waals surface area contributed by atoms with Gasteiger partial charge in [0.15, 0.2) is 0 Å². The molecule has 0 saturated carbocycles. The lowest BCUT2D eigenvalue weighted by Gasteiger charge is -2.24. The number of carbonyl (C=O) groups is 1. The number of alkyl halides is 1. The van der Waals surface area contributed by atoms with Gasteiger partial charge in [0.1, 0.15) is 0 Å². The average Bonchev–Trinajstić information content (AvgIpc) is 2.83. The Labute approximate surface area is 109 Å². The largest absolute Gasteiger partial charge is 0.333 e. The summed E-state index contributed by atoms with van der Waals surface area (Å²) in [5, 5.41) is 0. The van der Waals surface area contributed by atoms with E-state index in [0.717, 1.165) is 13.0 Å². The first kappa shape index (κ1) is 12.2. The molecular formula is C11H13Cl2NOS. The maximum Gasteiger partial charge on any atom is 0.264 e. The molecule has 0 radical (unpaired) electrons. The van der Waals surface area contributed by atoms with Gasteiger partial charge < -0.3 is 4.90 Å². The van der Waals surface area contributed by atoms with Crippen molar-refractivity contribution in [2.75, 3.05) is 12.4 Å². The Morgan fingerprint density at radius 3 is 2.94 bits per heavy atom. The molecule has 0 bridgehead atoms. The highest BCUT2D eigenvalue weighted by Crippen LogP contribution is 2.29. The molecular weight excluding hydrogens is 265 g/mol. The van der Waals surface area contributed by atoms with E-state index in [2.05, 4.69) is 6.92 Å². The zero-order valence-electron chi connectivity index (χ0n) is 8.95. The van der Waals surface area contributed by atoms with Crippen molar-refractivity contribution < 1.29 is 4.79 Å². The fraction of sp³-hybridized carbons (Fsp3) is 0.545. The van der Waals surface area contributed by atoms with Crippen LogP contribution in [-0.2, 0) is 0 Å². The van der Waals surface area contributed by atoms with E-state index < -0.39 is 0 Å².